The summed E-state index contributed by atoms with van der Waals surface area (Å²) in [5.74, 6) is -0.532. The van der Waals surface area contributed by atoms with Crippen molar-refractivity contribution in [2.24, 2.45) is 0 Å². The van der Waals surface area contributed by atoms with Gasteiger partial charge in [0.15, 0.2) is 0 Å². The van der Waals surface area contributed by atoms with Gasteiger partial charge in [0.1, 0.15) is 11.9 Å². The number of aryl methyl sites for hydroxylation is 1. The Kier molecular flexibility index (Phi) is 3.91. The number of aromatic nitrogens is 2. The van der Waals surface area contributed by atoms with Crippen molar-refractivity contribution in [1.29, 1.82) is 5.26 Å². The van der Waals surface area contributed by atoms with E-state index in [0.29, 0.717) is 23.6 Å². The van der Waals surface area contributed by atoms with E-state index in [1.54, 1.807) is 12.1 Å². The maximum absolute atomic E-state index is 10.9. The Morgan fingerprint density at radius 3 is 2.95 bits per heavy atom. The zero-order valence-electron chi connectivity index (χ0n) is 10.8. The molecule has 6 nitrogen and oxygen atoms in total. The monoisotopic (exact) mass is 268 g/mol. The van der Waals surface area contributed by atoms with Crippen LogP contribution in [-0.2, 0) is 6.54 Å². The fourth-order valence-corrected chi connectivity index (χ4v) is 1.66. The van der Waals surface area contributed by atoms with Gasteiger partial charge in [-0.25, -0.2) is 9.78 Å². The molecule has 2 aromatic rings. The molecule has 0 amide bonds. The highest BCUT2D eigenvalue weighted by molar-refractivity contribution is 5.87. The van der Waals surface area contributed by atoms with E-state index in [0.717, 1.165) is 5.69 Å². The van der Waals surface area contributed by atoms with Gasteiger partial charge in [0.25, 0.3) is 0 Å². The maximum Gasteiger partial charge on any atom is 0.335 e. The minimum Gasteiger partial charge on any atom is -0.478 e. The van der Waals surface area contributed by atoms with Crippen LogP contribution >= 0.6 is 0 Å². The first-order valence-electron chi connectivity index (χ1n) is 5.90. The molecule has 0 spiro atoms. The molecule has 2 aromatic heterocycles. The summed E-state index contributed by atoms with van der Waals surface area (Å²) < 4.78 is 0. The van der Waals surface area contributed by atoms with Crippen LogP contribution in [0.1, 0.15) is 27.3 Å². The summed E-state index contributed by atoms with van der Waals surface area (Å²) in [6.45, 7) is 2.13. The number of carbonyl (C=O) groups is 1. The van der Waals surface area contributed by atoms with Crippen molar-refractivity contribution >= 4 is 11.8 Å². The predicted octanol–water partition coefficient (Wildman–Crippen LogP) is 1.97. The third kappa shape index (κ3) is 3.09. The first-order chi connectivity index (χ1) is 9.60. The molecule has 0 saturated heterocycles. The van der Waals surface area contributed by atoms with E-state index in [2.05, 4.69) is 15.3 Å². The van der Waals surface area contributed by atoms with Gasteiger partial charge in [0.05, 0.1) is 23.4 Å². The maximum atomic E-state index is 10.9. The Balaban J connectivity index is 2.17. The molecule has 0 aliphatic heterocycles. The molecule has 2 N–H and O–H groups in total. The molecule has 6 heteroatoms. The number of nitriles is 1. The van der Waals surface area contributed by atoms with E-state index in [1.807, 2.05) is 13.0 Å². The molecule has 100 valence electrons. The predicted molar refractivity (Wildman–Crippen MR) is 72.2 cm³/mol. The van der Waals surface area contributed by atoms with E-state index in [1.165, 1.54) is 18.3 Å². The summed E-state index contributed by atoms with van der Waals surface area (Å²) in [7, 11) is 0. The molecule has 0 saturated carbocycles. The van der Waals surface area contributed by atoms with E-state index >= 15 is 0 Å². The van der Waals surface area contributed by atoms with Crippen LogP contribution in [-0.4, -0.2) is 21.0 Å². The molecule has 0 fully saturated rings. The van der Waals surface area contributed by atoms with E-state index in [-0.39, 0.29) is 5.56 Å². The number of pyridine rings is 2. The molecular formula is C14H12N4O2. The molecule has 2 heterocycles. The average Bonchev–Trinajstić information content (AvgIpc) is 2.45. The van der Waals surface area contributed by atoms with Crippen LogP contribution in [0.4, 0.5) is 5.82 Å². The lowest BCUT2D eigenvalue weighted by atomic mass is 10.2. The zero-order chi connectivity index (χ0) is 14.5. The quantitative estimate of drug-likeness (QED) is 0.879. The summed E-state index contributed by atoms with van der Waals surface area (Å²) in [6.07, 6.45) is 1.44. The smallest absolute Gasteiger partial charge is 0.335 e. The molecule has 0 radical (unpaired) electrons. The van der Waals surface area contributed by atoms with Gasteiger partial charge in [-0.15, -0.1) is 0 Å². The van der Waals surface area contributed by atoms with Crippen molar-refractivity contribution in [2.75, 3.05) is 5.32 Å². The highest BCUT2D eigenvalue weighted by Crippen LogP contribution is 2.13. The third-order valence-electron chi connectivity index (χ3n) is 2.66. The van der Waals surface area contributed by atoms with Crippen molar-refractivity contribution in [3.8, 4) is 6.07 Å². The number of nitrogens with zero attached hydrogens (tertiary/aromatic N) is 3. The largest absolute Gasteiger partial charge is 0.478 e. The molecule has 0 aliphatic rings. The van der Waals surface area contributed by atoms with Crippen molar-refractivity contribution in [2.45, 2.75) is 13.5 Å². The number of rotatable bonds is 4. The first kappa shape index (κ1) is 13.5. The van der Waals surface area contributed by atoms with Gasteiger partial charge in [-0.3, -0.25) is 4.98 Å². The van der Waals surface area contributed by atoms with Gasteiger partial charge in [-0.2, -0.15) is 5.26 Å². The van der Waals surface area contributed by atoms with Crippen LogP contribution < -0.4 is 5.32 Å². The van der Waals surface area contributed by atoms with E-state index in [9.17, 15) is 4.79 Å². The zero-order valence-corrected chi connectivity index (χ0v) is 10.8. The van der Waals surface area contributed by atoms with E-state index in [4.69, 9.17) is 10.4 Å². The number of carboxylic acids is 1. The Morgan fingerprint density at radius 1 is 1.45 bits per heavy atom. The minimum absolute atomic E-state index is 0.175. The van der Waals surface area contributed by atoms with Gasteiger partial charge in [-0.05, 0) is 31.2 Å². The molecule has 0 atom stereocenters. The van der Waals surface area contributed by atoms with Crippen molar-refractivity contribution in [3.05, 3.63) is 53.0 Å². The van der Waals surface area contributed by atoms with Gasteiger partial charge in [-0.1, -0.05) is 0 Å². The molecule has 0 aromatic carbocycles. The number of carboxylic acid groups (broad SMARTS) is 1. The first-order valence-corrected chi connectivity index (χ1v) is 5.90. The average molecular weight is 268 g/mol. The SMILES string of the molecule is Cc1ccc(C#N)c(NCc2cc(C(=O)O)ccn2)n1. The van der Waals surface area contributed by atoms with Crippen molar-refractivity contribution < 1.29 is 9.90 Å². The molecule has 2 rings (SSSR count). The van der Waals surface area contributed by atoms with Gasteiger partial charge < -0.3 is 10.4 Å². The van der Waals surface area contributed by atoms with Crippen LogP contribution in [0.25, 0.3) is 0 Å². The Morgan fingerprint density at radius 2 is 2.25 bits per heavy atom. The normalized spacial score (nSPS) is 9.80. The fourth-order valence-electron chi connectivity index (χ4n) is 1.66. The highest BCUT2D eigenvalue weighted by Gasteiger charge is 2.06. The Bertz CT molecular complexity index is 692. The second kappa shape index (κ2) is 5.80. The number of nitrogens with one attached hydrogen (secondary N) is 1. The Hall–Kier alpha value is -2.94. The van der Waals surface area contributed by atoms with E-state index < -0.39 is 5.97 Å². The molecule has 0 unspecified atom stereocenters. The van der Waals surface area contributed by atoms with Crippen LogP contribution in [0.15, 0.2) is 30.5 Å². The molecular weight excluding hydrogens is 256 g/mol. The Labute approximate surface area is 115 Å². The number of aromatic carboxylic acids is 1. The second-order valence-electron chi connectivity index (χ2n) is 4.16. The van der Waals surface area contributed by atoms with Gasteiger partial charge >= 0.3 is 5.97 Å². The van der Waals surface area contributed by atoms with Crippen molar-refractivity contribution in [1.82, 2.24) is 9.97 Å². The topological polar surface area (TPSA) is 98.9 Å². The fraction of sp³-hybridized carbons (Fsp3) is 0.143. The summed E-state index contributed by atoms with van der Waals surface area (Å²) >= 11 is 0. The second-order valence-corrected chi connectivity index (χ2v) is 4.16. The van der Waals surface area contributed by atoms with Crippen LogP contribution in [0, 0.1) is 18.3 Å². The molecule has 0 aliphatic carbocycles. The molecule has 0 bridgehead atoms. The van der Waals surface area contributed by atoms with Crippen molar-refractivity contribution in [3.63, 3.8) is 0 Å². The van der Waals surface area contributed by atoms with Gasteiger partial charge in [0.2, 0.25) is 0 Å². The van der Waals surface area contributed by atoms with Crippen LogP contribution in [0.2, 0.25) is 0 Å². The summed E-state index contributed by atoms with van der Waals surface area (Å²) in [5, 5.41) is 20.9. The highest BCUT2D eigenvalue weighted by atomic mass is 16.4. The van der Waals surface area contributed by atoms with Crippen LogP contribution in [0.5, 0.6) is 0 Å². The number of hydrogen-bond donors (Lipinski definition) is 2. The lowest BCUT2D eigenvalue weighted by Gasteiger charge is -2.08. The van der Waals surface area contributed by atoms with Gasteiger partial charge in [0, 0.05) is 11.9 Å². The third-order valence-corrected chi connectivity index (χ3v) is 2.66. The minimum atomic E-state index is -1.000. The number of hydrogen-bond acceptors (Lipinski definition) is 5. The lowest BCUT2D eigenvalue weighted by molar-refractivity contribution is 0.0696. The standard InChI is InChI=1S/C14H12N4O2/c1-9-2-3-11(7-15)13(18-9)17-8-12-6-10(14(19)20)4-5-16-12/h2-6H,8H2,1H3,(H,17,18)(H,19,20). The summed E-state index contributed by atoms with van der Waals surface area (Å²) in [6, 6.07) is 8.40. The summed E-state index contributed by atoms with van der Waals surface area (Å²) in [5.41, 5.74) is 1.97. The van der Waals surface area contributed by atoms with Crippen LogP contribution in [0.3, 0.4) is 0 Å². The number of anilines is 1. The lowest BCUT2D eigenvalue weighted by Crippen LogP contribution is -2.07. The summed E-state index contributed by atoms with van der Waals surface area (Å²) in [4.78, 5) is 19.2. The molecule has 20 heavy (non-hydrogen) atoms.